The van der Waals surface area contributed by atoms with Gasteiger partial charge in [-0.05, 0) is 55.3 Å². The maximum Gasteiger partial charge on any atom is 0.243 e. The van der Waals surface area contributed by atoms with Gasteiger partial charge in [0.05, 0.1) is 11.0 Å². The van der Waals surface area contributed by atoms with E-state index in [4.69, 9.17) is 4.74 Å². The van der Waals surface area contributed by atoms with Crippen LogP contribution in [0.3, 0.4) is 0 Å². The molecular weight excluding hydrogens is 342 g/mol. The summed E-state index contributed by atoms with van der Waals surface area (Å²) in [7, 11) is -3.56. The van der Waals surface area contributed by atoms with E-state index in [2.05, 4.69) is 0 Å². The van der Waals surface area contributed by atoms with E-state index in [1.807, 2.05) is 43.5 Å². The molecule has 0 unspecified atom stereocenters. The van der Waals surface area contributed by atoms with Crippen LogP contribution in [-0.2, 0) is 21.3 Å². The first-order chi connectivity index (χ1) is 11.5. The Morgan fingerprint density at radius 3 is 2.79 bits per heavy atom. The maximum atomic E-state index is 13.3. The third-order valence-corrected chi connectivity index (χ3v) is 7.12. The monoisotopic (exact) mass is 365 g/mol. The first-order valence-corrected chi connectivity index (χ1v) is 10.5. The van der Waals surface area contributed by atoms with Gasteiger partial charge in [-0.25, -0.2) is 8.42 Å². The van der Waals surface area contributed by atoms with Gasteiger partial charge in [-0.2, -0.15) is 4.31 Å². The van der Waals surface area contributed by atoms with Crippen LogP contribution in [0.15, 0.2) is 40.6 Å². The first-order valence-electron chi connectivity index (χ1n) is 8.18. The Morgan fingerprint density at radius 2 is 2.12 bits per heavy atom. The van der Waals surface area contributed by atoms with Crippen molar-refractivity contribution in [2.24, 2.45) is 0 Å². The second-order valence-corrected chi connectivity index (χ2v) is 9.22. The van der Waals surface area contributed by atoms with Crippen LogP contribution in [-0.4, -0.2) is 32.0 Å². The van der Waals surface area contributed by atoms with Gasteiger partial charge >= 0.3 is 0 Å². The van der Waals surface area contributed by atoms with Crippen LogP contribution in [0.4, 0.5) is 0 Å². The molecule has 2 aromatic rings. The molecule has 1 aromatic heterocycles. The van der Waals surface area contributed by atoms with Crippen LogP contribution in [0.25, 0.3) is 0 Å². The quantitative estimate of drug-likeness (QED) is 0.783. The van der Waals surface area contributed by atoms with Crippen LogP contribution >= 0.6 is 11.3 Å². The maximum absolute atomic E-state index is 13.3. The molecule has 0 aliphatic carbocycles. The second kappa shape index (κ2) is 7.35. The SMILES string of the molecule is Cc1ccc(C)c(S(=O)(=O)N(Cc2cccs2)C[C@H]2CCCO2)c1. The molecule has 130 valence electrons. The molecular formula is C18H23NO3S2. The summed E-state index contributed by atoms with van der Waals surface area (Å²) in [5.41, 5.74) is 1.73. The number of sulfonamides is 1. The molecule has 0 N–H and O–H groups in total. The lowest BCUT2D eigenvalue weighted by Crippen LogP contribution is -2.37. The molecule has 1 aromatic carbocycles. The van der Waals surface area contributed by atoms with Gasteiger partial charge in [0, 0.05) is 24.6 Å². The summed E-state index contributed by atoms with van der Waals surface area (Å²) in [5, 5.41) is 1.98. The minimum atomic E-state index is -3.56. The van der Waals surface area contributed by atoms with Crippen LogP contribution in [0.2, 0.25) is 0 Å². The molecule has 1 aliphatic heterocycles. The van der Waals surface area contributed by atoms with E-state index in [9.17, 15) is 8.42 Å². The Balaban J connectivity index is 1.94. The van der Waals surface area contributed by atoms with Gasteiger partial charge in [-0.1, -0.05) is 18.2 Å². The number of hydrogen-bond acceptors (Lipinski definition) is 4. The summed E-state index contributed by atoms with van der Waals surface area (Å²) in [6.07, 6.45) is 1.91. The molecule has 1 saturated heterocycles. The van der Waals surface area contributed by atoms with Crippen molar-refractivity contribution >= 4 is 21.4 Å². The van der Waals surface area contributed by atoms with E-state index < -0.39 is 10.0 Å². The predicted octanol–water partition coefficient (Wildman–Crippen LogP) is 3.73. The third kappa shape index (κ3) is 3.88. The molecule has 0 saturated carbocycles. The highest BCUT2D eigenvalue weighted by molar-refractivity contribution is 7.89. The Morgan fingerprint density at radius 1 is 1.29 bits per heavy atom. The van der Waals surface area contributed by atoms with Gasteiger partial charge < -0.3 is 4.74 Å². The van der Waals surface area contributed by atoms with E-state index in [1.165, 1.54) is 0 Å². The number of benzene rings is 1. The van der Waals surface area contributed by atoms with Crippen LogP contribution < -0.4 is 0 Å². The minimum Gasteiger partial charge on any atom is -0.377 e. The van der Waals surface area contributed by atoms with Crippen LogP contribution in [0, 0.1) is 13.8 Å². The highest BCUT2D eigenvalue weighted by Crippen LogP contribution is 2.26. The summed E-state index contributed by atoms with van der Waals surface area (Å²) in [6, 6.07) is 9.51. The van der Waals surface area contributed by atoms with Gasteiger partial charge in [-0.15, -0.1) is 11.3 Å². The summed E-state index contributed by atoms with van der Waals surface area (Å²) < 4.78 is 33.9. The zero-order valence-corrected chi connectivity index (χ0v) is 15.7. The van der Waals surface area contributed by atoms with Crippen molar-refractivity contribution in [3.05, 3.63) is 51.7 Å². The lowest BCUT2D eigenvalue weighted by molar-refractivity contribution is 0.0927. The Bertz CT molecular complexity index is 779. The van der Waals surface area contributed by atoms with Crippen molar-refractivity contribution in [3.8, 4) is 0 Å². The van der Waals surface area contributed by atoms with Gasteiger partial charge in [0.2, 0.25) is 10.0 Å². The Hall–Kier alpha value is -1.21. The molecule has 1 aliphatic rings. The third-order valence-electron chi connectivity index (χ3n) is 4.31. The Labute approximate surface area is 148 Å². The molecule has 3 rings (SSSR count). The van der Waals surface area contributed by atoms with Gasteiger partial charge in [0.15, 0.2) is 0 Å². The van der Waals surface area contributed by atoms with E-state index in [-0.39, 0.29) is 6.10 Å². The predicted molar refractivity (Wildman–Crippen MR) is 96.8 cm³/mol. The van der Waals surface area contributed by atoms with Crippen molar-refractivity contribution in [2.75, 3.05) is 13.2 Å². The van der Waals surface area contributed by atoms with Crippen molar-refractivity contribution in [1.29, 1.82) is 0 Å². The van der Waals surface area contributed by atoms with Crippen molar-refractivity contribution in [3.63, 3.8) is 0 Å². The van der Waals surface area contributed by atoms with Crippen LogP contribution in [0.5, 0.6) is 0 Å². The van der Waals surface area contributed by atoms with Gasteiger partial charge in [-0.3, -0.25) is 0 Å². The number of thiophene rings is 1. The zero-order chi connectivity index (χ0) is 17.2. The largest absolute Gasteiger partial charge is 0.377 e. The average molecular weight is 366 g/mol. The zero-order valence-electron chi connectivity index (χ0n) is 14.1. The number of ether oxygens (including phenoxy) is 1. The lowest BCUT2D eigenvalue weighted by atomic mass is 10.2. The summed E-state index contributed by atoms with van der Waals surface area (Å²) in [4.78, 5) is 1.44. The fourth-order valence-electron chi connectivity index (χ4n) is 2.96. The molecule has 0 bridgehead atoms. The molecule has 1 fully saturated rings. The molecule has 4 nitrogen and oxygen atoms in total. The van der Waals surface area contributed by atoms with Crippen molar-refractivity contribution < 1.29 is 13.2 Å². The topological polar surface area (TPSA) is 46.6 Å². The summed E-state index contributed by atoms with van der Waals surface area (Å²) in [5.74, 6) is 0. The highest BCUT2D eigenvalue weighted by atomic mass is 32.2. The fraction of sp³-hybridized carbons (Fsp3) is 0.444. The van der Waals surface area contributed by atoms with E-state index in [0.29, 0.717) is 18.0 Å². The normalized spacial score (nSPS) is 18.4. The molecule has 24 heavy (non-hydrogen) atoms. The standard InChI is InChI=1S/C18H23NO3S2/c1-14-7-8-15(2)18(11-14)24(20,21)19(12-16-5-3-9-22-16)13-17-6-4-10-23-17/h4,6-8,10-11,16H,3,5,9,12-13H2,1-2H3/t16-/m1/s1. The smallest absolute Gasteiger partial charge is 0.243 e. The summed E-state index contributed by atoms with van der Waals surface area (Å²) >= 11 is 1.58. The van der Waals surface area contributed by atoms with E-state index in [0.717, 1.165) is 35.5 Å². The van der Waals surface area contributed by atoms with Crippen LogP contribution in [0.1, 0.15) is 28.8 Å². The van der Waals surface area contributed by atoms with E-state index >= 15 is 0 Å². The molecule has 0 radical (unpaired) electrons. The Kier molecular flexibility index (Phi) is 5.39. The molecule has 0 spiro atoms. The minimum absolute atomic E-state index is 0.00940. The van der Waals surface area contributed by atoms with Gasteiger partial charge in [0.1, 0.15) is 0 Å². The molecule has 6 heteroatoms. The van der Waals surface area contributed by atoms with E-state index in [1.54, 1.807) is 21.7 Å². The lowest BCUT2D eigenvalue weighted by Gasteiger charge is -2.25. The highest BCUT2D eigenvalue weighted by Gasteiger charge is 2.30. The fourth-order valence-corrected chi connectivity index (χ4v) is 5.52. The first kappa shape index (κ1) is 17.6. The van der Waals surface area contributed by atoms with Gasteiger partial charge in [0.25, 0.3) is 0 Å². The summed E-state index contributed by atoms with van der Waals surface area (Å²) in [6.45, 7) is 5.30. The number of rotatable bonds is 6. The molecule has 2 heterocycles. The molecule has 0 amide bonds. The number of hydrogen-bond donors (Lipinski definition) is 0. The number of aryl methyl sites for hydroxylation is 2. The average Bonchev–Trinajstić information content (AvgIpc) is 3.22. The van der Waals surface area contributed by atoms with Crippen molar-refractivity contribution in [2.45, 2.75) is 44.2 Å². The number of nitrogens with zero attached hydrogens (tertiary/aromatic N) is 1. The molecule has 1 atom stereocenters. The second-order valence-electron chi connectivity index (χ2n) is 6.28. The van der Waals surface area contributed by atoms with Crippen molar-refractivity contribution in [1.82, 2.24) is 4.31 Å².